The van der Waals surface area contributed by atoms with Gasteiger partial charge in [-0.25, -0.2) is 9.78 Å². The van der Waals surface area contributed by atoms with Crippen LogP contribution in [-0.2, 0) is 9.53 Å². The second kappa shape index (κ2) is 6.67. The minimum Gasteiger partial charge on any atom is -0.462 e. The number of nitrogens with one attached hydrogen (secondary N) is 1. The minimum atomic E-state index is -0.673. The zero-order valence-corrected chi connectivity index (χ0v) is 13.7. The number of aromatic nitrogens is 2. The van der Waals surface area contributed by atoms with Crippen molar-refractivity contribution in [3.8, 4) is 10.8 Å². The van der Waals surface area contributed by atoms with Crippen molar-refractivity contribution >= 4 is 29.0 Å². The number of aryl methyl sites for hydroxylation is 2. The molecule has 0 aliphatic heterocycles. The van der Waals surface area contributed by atoms with Gasteiger partial charge in [-0.2, -0.15) is 0 Å². The van der Waals surface area contributed by atoms with E-state index in [2.05, 4.69) is 15.5 Å². The molecule has 0 saturated carbocycles. The van der Waals surface area contributed by atoms with Gasteiger partial charge >= 0.3 is 5.97 Å². The highest BCUT2D eigenvalue weighted by Crippen LogP contribution is 2.28. The summed E-state index contributed by atoms with van der Waals surface area (Å²) in [5.74, 6) is 0.203. The summed E-state index contributed by atoms with van der Waals surface area (Å²) in [5, 5.41) is 6.65. The monoisotopic (exact) mass is 347 g/mol. The molecule has 0 atom stereocenters. The summed E-state index contributed by atoms with van der Waals surface area (Å²) in [6.45, 7) is 3.00. The molecular weight excluding hydrogens is 334 g/mol. The van der Waals surface area contributed by atoms with Gasteiger partial charge in [-0.1, -0.05) is 5.16 Å². The van der Waals surface area contributed by atoms with Gasteiger partial charge in [-0.05, 0) is 26.0 Å². The number of furan rings is 1. The number of rotatable bonds is 5. The van der Waals surface area contributed by atoms with E-state index in [1.807, 2.05) is 0 Å². The Morgan fingerprint density at radius 3 is 2.88 bits per heavy atom. The number of hydrogen-bond acceptors (Lipinski definition) is 8. The molecule has 3 aromatic rings. The van der Waals surface area contributed by atoms with Gasteiger partial charge in [0.05, 0.1) is 6.26 Å². The first kappa shape index (κ1) is 15.9. The summed E-state index contributed by atoms with van der Waals surface area (Å²) in [6, 6.07) is 5.04. The van der Waals surface area contributed by atoms with E-state index in [0.717, 1.165) is 0 Å². The number of hydrogen-bond donors (Lipinski definition) is 1. The zero-order valence-electron chi connectivity index (χ0n) is 12.9. The summed E-state index contributed by atoms with van der Waals surface area (Å²) in [4.78, 5) is 28.7. The van der Waals surface area contributed by atoms with Crippen molar-refractivity contribution < 1.29 is 23.3 Å². The van der Waals surface area contributed by atoms with Crippen molar-refractivity contribution in [3.05, 3.63) is 40.8 Å². The SMILES string of the molecule is Cc1cc(NC(=O)COC(=O)c2nc(-c3ccco3)sc2C)no1. The smallest absolute Gasteiger partial charge is 0.358 e. The largest absolute Gasteiger partial charge is 0.462 e. The maximum atomic E-state index is 12.1. The van der Waals surface area contributed by atoms with E-state index in [4.69, 9.17) is 13.7 Å². The van der Waals surface area contributed by atoms with Crippen molar-refractivity contribution in [1.29, 1.82) is 0 Å². The van der Waals surface area contributed by atoms with Crippen LogP contribution < -0.4 is 5.32 Å². The van der Waals surface area contributed by atoms with Crippen LogP contribution in [0.3, 0.4) is 0 Å². The third-order valence-corrected chi connectivity index (χ3v) is 3.94. The van der Waals surface area contributed by atoms with Gasteiger partial charge in [-0.15, -0.1) is 11.3 Å². The number of nitrogens with zero attached hydrogens (tertiary/aromatic N) is 2. The fourth-order valence-corrected chi connectivity index (χ4v) is 2.76. The molecule has 9 heteroatoms. The minimum absolute atomic E-state index is 0.163. The molecule has 0 radical (unpaired) electrons. The highest BCUT2D eigenvalue weighted by molar-refractivity contribution is 7.15. The second-order valence-electron chi connectivity index (χ2n) is 4.85. The molecule has 24 heavy (non-hydrogen) atoms. The predicted molar refractivity (Wildman–Crippen MR) is 84.7 cm³/mol. The van der Waals surface area contributed by atoms with E-state index in [-0.39, 0.29) is 11.5 Å². The van der Waals surface area contributed by atoms with Crippen molar-refractivity contribution in [1.82, 2.24) is 10.1 Å². The Labute approximate surface area is 140 Å². The first-order valence-electron chi connectivity index (χ1n) is 6.94. The molecule has 0 bridgehead atoms. The maximum Gasteiger partial charge on any atom is 0.358 e. The summed E-state index contributed by atoms with van der Waals surface area (Å²) in [5.41, 5.74) is 0.163. The van der Waals surface area contributed by atoms with Gasteiger partial charge in [0.2, 0.25) is 0 Å². The number of amides is 1. The van der Waals surface area contributed by atoms with Crippen LogP contribution in [0.4, 0.5) is 5.82 Å². The second-order valence-corrected chi connectivity index (χ2v) is 6.05. The average molecular weight is 347 g/mol. The standard InChI is InChI=1S/C15H13N3O5S/c1-8-6-11(18-23-8)16-12(19)7-22-15(20)13-9(2)24-14(17-13)10-4-3-5-21-10/h3-6H,7H2,1-2H3,(H,16,18,19). The normalized spacial score (nSPS) is 10.6. The molecule has 8 nitrogen and oxygen atoms in total. The molecule has 1 N–H and O–H groups in total. The Hall–Kier alpha value is -2.94. The number of thiazole rings is 1. The molecule has 0 unspecified atom stereocenters. The lowest BCUT2D eigenvalue weighted by Crippen LogP contribution is -2.21. The van der Waals surface area contributed by atoms with Gasteiger partial charge < -0.3 is 19.0 Å². The van der Waals surface area contributed by atoms with Crippen molar-refractivity contribution in [2.75, 3.05) is 11.9 Å². The Bertz CT molecular complexity index is 866. The highest BCUT2D eigenvalue weighted by atomic mass is 32.1. The van der Waals surface area contributed by atoms with Crippen molar-refractivity contribution in [2.24, 2.45) is 0 Å². The Morgan fingerprint density at radius 1 is 1.38 bits per heavy atom. The molecule has 0 aliphatic rings. The molecule has 3 rings (SSSR count). The summed E-state index contributed by atoms with van der Waals surface area (Å²) in [6.07, 6.45) is 1.53. The quantitative estimate of drug-likeness (QED) is 0.707. The molecule has 1 amide bonds. The maximum absolute atomic E-state index is 12.1. The third-order valence-electron chi connectivity index (χ3n) is 2.95. The van der Waals surface area contributed by atoms with Crippen molar-refractivity contribution in [2.45, 2.75) is 13.8 Å². The lowest BCUT2D eigenvalue weighted by Gasteiger charge is -2.03. The van der Waals surface area contributed by atoms with Gasteiger partial charge in [0.15, 0.2) is 28.9 Å². The number of carbonyl (C=O) groups excluding carboxylic acids is 2. The molecule has 0 saturated heterocycles. The van der Waals surface area contributed by atoms with Gasteiger partial charge in [-0.3, -0.25) is 4.79 Å². The lowest BCUT2D eigenvalue weighted by atomic mass is 10.4. The molecule has 124 valence electrons. The van der Waals surface area contributed by atoms with Crippen LogP contribution in [-0.4, -0.2) is 28.6 Å². The molecule has 3 heterocycles. The lowest BCUT2D eigenvalue weighted by molar-refractivity contribution is -0.119. The van der Waals surface area contributed by atoms with Gasteiger partial charge in [0.1, 0.15) is 5.76 Å². The van der Waals surface area contributed by atoms with Crippen LogP contribution in [0.1, 0.15) is 21.1 Å². The van der Waals surface area contributed by atoms with Crippen LogP contribution in [0.5, 0.6) is 0 Å². The fraction of sp³-hybridized carbons (Fsp3) is 0.200. The highest BCUT2D eigenvalue weighted by Gasteiger charge is 2.20. The van der Waals surface area contributed by atoms with E-state index in [1.54, 1.807) is 32.0 Å². The van der Waals surface area contributed by atoms with Crippen molar-refractivity contribution in [3.63, 3.8) is 0 Å². The fourth-order valence-electron chi connectivity index (χ4n) is 1.90. The average Bonchev–Trinajstić information content (AvgIpc) is 3.26. The topological polar surface area (TPSA) is 107 Å². The number of carbonyl (C=O) groups is 2. The van der Waals surface area contributed by atoms with E-state index in [9.17, 15) is 9.59 Å². The summed E-state index contributed by atoms with van der Waals surface area (Å²) < 4.78 is 15.1. The summed E-state index contributed by atoms with van der Waals surface area (Å²) in [7, 11) is 0. The van der Waals surface area contributed by atoms with E-state index < -0.39 is 18.5 Å². The third kappa shape index (κ3) is 3.51. The zero-order chi connectivity index (χ0) is 17.1. The Morgan fingerprint density at radius 2 is 2.21 bits per heavy atom. The van der Waals surface area contributed by atoms with Crippen LogP contribution in [0.2, 0.25) is 0 Å². The first-order chi connectivity index (χ1) is 11.5. The van der Waals surface area contributed by atoms with E-state index >= 15 is 0 Å². The molecule has 3 aromatic heterocycles. The van der Waals surface area contributed by atoms with Crippen LogP contribution in [0, 0.1) is 13.8 Å². The van der Waals surface area contributed by atoms with Crippen LogP contribution in [0.15, 0.2) is 33.4 Å². The number of ether oxygens (including phenoxy) is 1. The molecule has 0 aromatic carbocycles. The molecular formula is C15H13N3O5S. The Kier molecular flexibility index (Phi) is 4.43. The Balaban J connectivity index is 1.60. The number of esters is 1. The van der Waals surface area contributed by atoms with Crippen LogP contribution in [0.25, 0.3) is 10.8 Å². The molecule has 0 fully saturated rings. The van der Waals surface area contributed by atoms with E-state index in [0.29, 0.717) is 21.4 Å². The predicted octanol–water partition coefficient (Wildman–Crippen LogP) is 2.80. The van der Waals surface area contributed by atoms with Gasteiger partial charge in [0.25, 0.3) is 5.91 Å². The number of anilines is 1. The van der Waals surface area contributed by atoms with Gasteiger partial charge in [0, 0.05) is 10.9 Å². The molecule has 0 aliphatic carbocycles. The summed E-state index contributed by atoms with van der Waals surface area (Å²) >= 11 is 1.31. The first-order valence-corrected chi connectivity index (χ1v) is 7.76. The van der Waals surface area contributed by atoms with E-state index in [1.165, 1.54) is 17.6 Å². The van der Waals surface area contributed by atoms with Crippen LogP contribution >= 0.6 is 11.3 Å². The molecule has 0 spiro atoms.